The highest BCUT2D eigenvalue weighted by atomic mass is 16.2. The average Bonchev–Trinajstić information content (AvgIpc) is 2.80. The molecule has 1 amide bonds. The summed E-state index contributed by atoms with van der Waals surface area (Å²) >= 11 is 0. The Morgan fingerprint density at radius 2 is 1.82 bits per heavy atom. The van der Waals surface area contributed by atoms with Crippen LogP contribution in [0.4, 0.5) is 0 Å². The molecule has 4 rings (SSSR count). The Bertz CT molecular complexity index is 709. The fourth-order valence-electron chi connectivity index (χ4n) is 4.33. The zero-order valence-electron chi connectivity index (χ0n) is 13.0. The van der Waals surface area contributed by atoms with Crippen molar-refractivity contribution in [1.29, 1.82) is 0 Å². The summed E-state index contributed by atoms with van der Waals surface area (Å²) in [5, 5.41) is 0. The zero-order valence-corrected chi connectivity index (χ0v) is 13.0. The molecule has 1 aliphatic heterocycles. The highest BCUT2D eigenvalue weighted by Gasteiger charge is 2.51. The predicted octanol–water partition coefficient (Wildman–Crippen LogP) is 3.55. The number of hydrogen-bond donors (Lipinski definition) is 0. The van der Waals surface area contributed by atoms with E-state index in [0.29, 0.717) is 5.91 Å². The first kappa shape index (κ1) is 13.6. The number of aryl methyl sites for hydroxylation is 1. The standard InChI is InChI=1S/C20H21NO/c1-20-14-21(13-15-7-3-2-4-8-15)19(22)18(20)12-11-16-9-5-6-10-17(16)20/h2-10,18H,11-14H2,1H3/t18-,20?/m0/s1. The lowest BCUT2D eigenvalue weighted by Gasteiger charge is -2.36. The van der Waals surface area contributed by atoms with Gasteiger partial charge in [0.2, 0.25) is 5.91 Å². The molecule has 112 valence electrons. The maximum absolute atomic E-state index is 12.9. The minimum Gasteiger partial charge on any atom is -0.337 e. The van der Waals surface area contributed by atoms with Crippen LogP contribution in [0, 0.1) is 5.92 Å². The Morgan fingerprint density at radius 3 is 2.64 bits per heavy atom. The molecule has 1 saturated heterocycles. The smallest absolute Gasteiger partial charge is 0.226 e. The molecule has 2 atom stereocenters. The molecule has 2 nitrogen and oxygen atoms in total. The van der Waals surface area contributed by atoms with Crippen molar-refractivity contribution in [2.24, 2.45) is 5.92 Å². The summed E-state index contributed by atoms with van der Waals surface area (Å²) in [7, 11) is 0. The Morgan fingerprint density at radius 1 is 1.09 bits per heavy atom. The molecule has 0 N–H and O–H groups in total. The number of fused-ring (bicyclic) bond motifs is 3. The van der Waals surface area contributed by atoms with Crippen molar-refractivity contribution >= 4 is 5.91 Å². The number of nitrogens with zero attached hydrogens (tertiary/aromatic N) is 1. The van der Waals surface area contributed by atoms with Crippen molar-refractivity contribution in [2.45, 2.75) is 31.7 Å². The third kappa shape index (κ3) is 1.98. The molecule has 1 unspecified atom stereocenters. The highest BCUT2D eigenvalue weighted by Crippen LogP contribution is 2.47. The van der Waals surface area contributed by atoms with E-state index >= 15 is 0 Å². The summed E-state index contributed by atoms with van der Waals surface area (Å²) < 4.78 is 0. The van der Waals surface area contributed by atoms with Crippen LogP contribution in [0.25, 0.3) is 0 Å². The van der Waals surface area contributed by atoms with Crippen LogP contribution < -0.4 is 0 Å². The van der Waals surface area contributed by atoms with Gasteiger partial charge in [-0.05, 0) is 29.5 Å². The van der Waals surface area contributed by atoms with Crippen molar-refractivity contribution in [1.82, 2.24) is 4.90 Å². The molecule has 2 heteroatoms. The maximum Gasteiger partial charge on any atom is 0.226 e. The van der Waals surface area contributed by atoms with Crippen LogP contribution in [-0.4, -0.2) is 17.4 Å². The van der Waals surface area contributed by atoms with Crippen molar-refractivity contribution < 1.29 is 4.79 Å². The highest BCUT2D eigenvalue weighted by molar-refractivity contribution is 5.84. The lowest BCUT2D eigenvalue weighted by atomic mass is 9.66. The fraction of sp³-hybridized carbons (Fsp3) is 0.350. The van der Waals surface area contributed by atoms with Gasteiger partial charge < -0.3 is 4.90 Å². The van der Waals surface area contributed by atoms with Crippen molar-refractivity contribution in [3.8, 4) is 0 Å². The second-order valence-electron chi connectivity index (χ2n) is 6.85. The van der Waals surface area contributed by atoms with E-state index in [9.17, 15) is 4.79 Å². The summed E-state index contributed by atoms with van der Waals surface area (Å²) in [6.07, 6.45) is 2.01. The van der Waals surface area contributed by atoms with Crippen LogP contribution in [0.5, 0.6) is 0 Å². The number of benzene rings is 2. The largest absolute Gasteiger partial charge is 0.337 e. The number of amides is 1. The van der Waals surface area contributed by atoms with E-state index in [0.717, 1.165) is 25.9 Å². The van der Waals surface area contributed by atoms with E-state index < -0.39 is 0 Å². The summed E-state index contributed by atoms with van der Waals surface area (Å²) in [5.74, 6) is 0.479. The molecule has 1 aliphatic carbocycles. The van der Waals surface area contributed by atoms with Gasteiger partial charge in [-0.1, -0.05) is 61.5 Å². The minimum atomic E-state index is -0.0271. The van der Waals surface area contributed by atoms with Gasteiger partial charge in [0.1, 0.15) is 0 Å². The molecule has 0 spiro atoms. The third-order valence-corrected chi connectivity index (χ3v) is 5.45. The van der Waals surface area contributed by atoms with E-state index in [4.69, 9.17) is 0 Å². The number of carbonyl (C=O) groups is 1. The van der Waals surface area contributed by atoms with Gasteiger partial charge in [0, 0.05) is 24.4 Å². The van der Waals surface area contributed by atoms with Gasteiger partial charge in [0.25, 0.3) is 0 Å². The topological polar surface area (TPSA) is 20.3 Å². The molecule has 22 heavy (non-hydrogen) atoms. The first-order valence-electron chi connectivity index (χ1n) is 8.09. The third-order valence-electron chi connectivity index (χ3n) is 5.45. The van der Waals surface area contributed by atoms with E-state index in [1.807, 2.05) is 18.2 Å². The molecule has 1 heterocycles. The van der Waals surface area contributed by atoms with Gasteiger partial charge in [-0.15, -0.1) is 0 Å². The Hall–Kier alpha value is -2.09. The Kier molecular flexibility index (Phi) is 3.07. The summed E-state index contributed by atoms with van der Waals surface area (Å²) in [4.78, 5) is 14.9. The predicted molar refractivity (Wildman–Crippen MR) is 87.5 cm³/mol. The summed E-state index contributed by atoms with van der Waals surface area (Å²) in [6, 6.07) is 19.0. The number of rotatable bonds is 2. The second kappa shape index (κ2) is 4.98. The first-order chi connectivity index (χ1) is 10.7. The zero-order chi connectivity index (χ0) is 15.2. The van der Waals surface area contributed by atoms with E-state index in [1.165, 1.54) is 16.7 Å². The second-order valence-corrected chi connectivity index (χ2v) is 6.85. The molecule has 0 radical (unpaired) electrons. The normalized spacial score (nSPS) is 26.7. The number of carbonyl (C=O) groups excluding carboxylic acids is 1. The van der Waals surface area contributed by atoms with Gasteiger partial charge in [0.05, 0.1) is 0 Å². The maximum atomic E-state index is 12.9. The summed E-state index contributed by atoms with van der Waals surface area (Å²) in [5.41, 5.74) is 4.00. The molecule has 1 fully saturated rings. The van der Waals surface area contributed by atoms with Crippen LogP contribution in [0.3, 0.4) is 0 Å². The molecule has 0 aromatic heterocycles. The molecule has 0 bridgehead atoms. The van der Waals surface area contributed by atoms with Crippen molar-refractivity contribution in [3.63, 3.8) is 0 Å². The lowest BCUT2D eigenvalue weighted by Crippen LogP contribution is -2.37. The Balaban J connectivity index is 1.67. The fourth-order valence-corrected chi connectivity index (χ4v) is 4.33. The lowest BCUT2D eigenvalue weighted by molar-refractivity contribution is -0.132. The van der Waals surface area contributed by atoms with Gasteiger partial charge in [-0.25, -0.2) is 0 Å². The van der Waals surface area contributed by atoms with Crippen LogP contribution in [0.15, 0.2) is 54.6 Å². The van der Waals surface area contributed by atoms with E-state index in [1.54, 1.807) is 0 Å². The molecular weight excluding hydrogens is 270 g/mol. The van der Waals surface area contributed by atoms with Crippen LogP contribution >= 0.6 is 0 Å². The van der Waals surface area contributed by atoms with E-state index in [-0.39, 0.29) is 11.3 Å². The molecule has 2 aliphatic rings. The van der Waals surface area contributed by atoms with Crippen LogP contribution in [0.1, 0.15) is 30.0 Å². The van der Waals surface area contributed by atoms with E-state index in [2.05, 4.69) is 48.2 Å². The molecule has 0 saturated carbocycles. The number of likely N-dealkylation sites (tertiary alicyclic amines) is 1. The van der Waals surface area contributed by atoms with Gasteiger partial charge >= 0.3 is 0 Å². The molecule has 2 aromatic rings. The SMILES string of the molecule is CC12CN(Cc3ccccc3)C(=O)[C@@H]1CCc1ccccc12. The molecule has 2 aromatic carbocycles. The molecular formula is C20H21NO. The minimum absolute atomic E-state index is 0.0271. The van der Waals surface area contributed by atoms with Gasteiger partial charge in [-0.3, -0.25) is 4.79 Å². The van der Waals surface area contributed by atoms with Crippen molar-refractivity contribution in [2.75, 3.05) is 6.54 Å². The van der Waals surface area contributed by atoms with Crippen molar-refractivity contribution in [3.05, 3.63) is 71.3 Å². The van der Waals surface area contributed by atoms with Gasteiger partial charge in [0.15, 0.2) is 0 Å². The Labute approximate surface area is 131 Å². The van der Waals surface area contributed by atoms with Crippen LogP contribution in [0.2, 0.25) is 0 Å². The quantitative estimate of drug-likeness (QED) is 0.828. The number of hydrogen-bond acceptors (Lipinski definition) is 1. The van der Waals surface area contributed by atoms with Gasteiger partial charge in [-0.2, -0.15) is 0 Å². The monoisotopic (exact) mass is 291 g/mol. The first-order valence-corrected chi connectivity index (χ1v) is 8.09. The summed E-state index contributed by atoms with van der Waals surface area (Å²) in [6.45, 7) is 3.84. The van der Waals surface area contributed by atoms with Crippen LogP contribution in [-0.2, 0) is 23.2 Å². The average molecular weight is 291 g/mol.